The van der Waals surface area contributed by atoms with Crippen LogP contribution in [0.3, 0.4) is 0 Å². The van der Waals surface area contributed by atoms with Crippen LogP contribution in [0, 0.1) is 13.5 Å². The number of aromatic nitrogens is 1. The van der Waals surface area contributed by atoms with Crippen molar-refractivity contribution in [1.82, 2.24) is 4.98 Å². The van der Waals surface area contributed by atoms with Crippen molar-refractivity contribution in [2.75, 3.05) is 0 Å². The van der Waals surface area contributed by atoms with E-state index in [0.717, 1.165) is 42.8 Å². The predicted octanol–water partition coefficient (Wildman–Crippen LogP) is 25.1. The average Bonchev–Trinajstić information content (AvgIpc) is 4.34. The fraction of sp³-hybridized carbons (Fsp3) is 0.758. The van der Waals surface area contributed by atoms with Gasteiger partial charge in [0.2, 0.25) is 0 Å². The molecule has 0 saturated carbocycles. The molecule has 14 heteroatoms. The molecule has 0 unspecified atom stereocenters. The van der Waals surface area contributed by atoms with Gasteiger partial charge in [0.1, 0.15) is 0 Å². The number of alkyl halides is 3. The van der Waals surface area contributed by atoms with Crippen molar-refractivity contribution < 1.29 is 13.2 Å². The van der Waals surface area contributed by atoms with Crippen LogP contribution in [-0.4, -0.2) is 78.5 Å². The average molecular weight is 1640 g/mol. The summed E-state index contributed by atoms with van der Waals surface area (Å²) in [6.45, 7) is 37.0. The van der Waals surface area contributed by atoms with Crippen LogP contribution in [0.2, 0.25) is 57.6 Å². The van der Waals surface area contributed by atoms with E-state index in [1.54, 1.807) is 22.1 Å². The first-order valence-electron chi connectivity index (χ1n) is 32.8. The van der Waals surface area contributed by atoms with Crippen molar-refractivity contribution in [3.05, 3.63) is 68.1 Å². The van der Waals surface area contributed by atoms with Crippen molar-refractivity contribution in [3.8, 4) is 0 Å². The van der Waals surface area contributed by atoms with Crippen molar-refractivity contribution in [2.24, 2.45) is 0 Å². The van der Waals surface area contributed by atoms with Crippen LogP contribution in [-0.2, 0) is 6.18 Å². The maximum absolute atomic E-state index is 13.0. The molecule has 4 aromatic heterocycles. The fourth-order valence-corrected chi connectivity index (χ4v) is 92.2. The van der Waals surface area contributed by atoms with Crippen molar-refractivity contribution in [3.63, 3.8) is 0 Å². The van der Waals surface area contributed by atoms with E-state index in [1.165, 1.54) is 186 Å². The van der Waals surface area contributed by atoms with E-state index >= 15 is 0 Å². The molecule has 4 aromatic rings. The second-order valence-electron chi connectivity index (χ2n) is 23.7. The third-order valence-electron chi connectivity index (χ3n) is 16.9. The normalized spacial score (nSPS) is 12.1. The van der Waals surface area contributed by atoms with E-state index in [-0.39, 0.29) is 0 Å². The van der Waals surface area contributed by atoms with Gasteiger partial charge in [-0.2, -0.15) is 0 Å². The molecule has 0 bridgehead atoms. The number of aryl methyl sites for hydroxylation is 1. The predicted molar refractivity (Wildman–Crippen MR) is 374 cm³/mol. The van der Waals surface area contributed by atoms with Gasteiger partial charge in [0, 0.05) is 0 Å². The molecule has 0 atom stereocenters. The molecule has 0 amide bonds. The Morgan fingerprint density at radius 1 is 0.412 bits per heavy atom. The molecule has 0 fully saturated rings. The number of thiophene rings is 3. The van der Waals surface area contributed by atoms with E-state index in [2.05, 4.69) is 125 Å². The molecule has 0 aliphatic heterocycles. The van der Waals surface area contributed by atoms with Gasteiger partial charge >= 0.3 is 537 Å². The van der Waals surface area contributed by atoms with Crippen molar-refractivity contribution >= 4 is 147 Å². The summed E-state index contributed by atoms with van der Waals surface area (Å²) < 4.78 is 63.6. The number of nitrogens with zero attached hydrogens (tertiary/aromatic N) is 2. The van der Waals surface area contributed by atoms with Crippen LogP contribution in [0.25, 0.3) is 4.85 Å². The second-order valence-corrected chi connectivity index (χ2v) is 85.2. The summed E-state index contributed by atoms with van der Waals surface area (Å²) in [6, 6.07) is 12.1. The Labute approximate surface area is 530 Å². The van der Waals surface area contributed by atoms with Crippen LogP contribution >= 0.6 is 56.9 Å². The van der Waals surface area contributed by atoms with Crippen LogP contribution in [0.4, 0.5) is 18.2 Å². The summed E-state index contributed by atoms with van der Waals surface area (Å²) in [4.78, 5) is 9.53. The molecule has 0 radical (unpaired) electrons. The van der Waals surface area contributed by atoms with Crippen LogP contribution in [0.5, 0.6) is 0 Å². The summed E-state index contributed by atoms with van der Waals surface area (Å²) in [6.07, 6.45) is 29.7. The number of hydrogen-bond acceptors (Lipinski definition) is 5. The quantitative estimate of drug-likeness (QED) is 0.0320. The maximum atomic E-state index is 13.0. The summed E-state index contributed by atoms with van der Waals surface area (Å²) in [5, 5.41) is 0.908. The standard InChI is InChI=1S/C5H2F3S.C5H2NS.C4H2ClS.C4H4NS.12C4H9.4Sn/c6-5(7,8)4-2-1-3-9-4;1-6-5-3-2-4-7-5;5-4-2-1-3-6-4;1-4-2-5-3-6-4;12*1-3-4-2;;;;/h1-2H;2-3H;1-2H;2H,1H3;12*1,3-4H2,2H3;;;;. The molecule has 0 saturated heterocycles. The van der Waals surface area contributed by atoms with Crippen molar-refractivity contribution in [1.29, 1.82) is 0 Å². The summed E-state index contributed by atoms with van der Waals surface area (Å²) in [7, 11) is 0. The molecule has 0 aliphatic carbocycles. The van der Waals surface area contributed by atoms with Crippen LogP contribution in [0.15, 0.2) is 42.6 Å². The number of hydrogen-bond donors (Lipinski definition) is 0. The van der Waals surface area contributed by atoms with E-state index in [1.807, 2.05) is 40.1 Å². The summed E-state index contributed by atoms with van der Waals surface area (Å²) >= 11 is 3.86. The van der Waals surface area contributed by atoms with Gasteiger partial charge in [0.05, 0.1) is 0 Å². The molecule has 0 aromatic carbocycles. The Morgan fingerprint density at radius 3 is 0.938 bits per heavy atom. The number of unbranched alkanes of at least 4 members (excludes halogenated alkanes) is 12. The van der Waals surface area contributed by atoms with E-state index in [9.17, 15) is 13.2 Å². The number of halogens is 4. The van der Waals surface area contributed by atoms with Gasteiger partial charge in [-0.3, -0.25) is 0 Å². The van der Waals surface area contributed by atoms with Gasteiger partial charge in [-0.05, 0) is 0 Å². The van der Waals surface area contributed by atoms with Gasteiger partial charge in [-0.25, -0.2) is 0 Å². The molecule has 4 heterocycles. The molecule has 0 aliphatic rings. The second kappa shape index (κ2) is 46.6. The van der Waals surface area contributed by atoms with Crippen LogP contribution < -0.4 is 11.7 Å². The Hall–Kier alpha value is 1.49. The zero-order valence-electron chi connectivity index (χ0n) is 53.5. The monoisotopic (exact) mass is 1640 g/mol. The van der Waals surface area contributed by atoms with Gasteiger partial charge in [0.25, 0.3) is 0 Å². The molecular weight excluding hydrogens is 1520 g/mol. The SMILES string of the molecule is CCC[CH2][Sn]([CH2]CCC)([CH2]CCC)[c]1ccc(C(F)(F)F)s1.CCC[CH2][Sn]([CH2]CCC)([CH2]CCC)[c]1ccc(Cl)s1.CCC[CH2][Sn]([CH2]CCC)([CH2]CCC)[c]1ncc(C)s1.[C-]#[N+]c1cc[c]([Sn]([CH2]CCC)([CH2]CCC)[CH2]CCC)s1. The minimum atomic E-state index is -4.18. The first-order valence-corrected chi connectivity index (χ1v) is 66.4. The first kappa shape index (κ1) is 79.5. The van der Waals surface area contributed by atoms with E-state index in [0.29, 0.717) is 0 Å². The summed E-state index contributed by atoms with van der Waals surface area (Å²) in [5.41, 5.74) is 0. The summed E-state index contributed by atoms with van der Waals surface area (Å²) in [5.74, 6) is 0. The molecule has 0 spiro atoms. The Kier molecular flexibility index (Phi) is 46.3. The number of thiazole rings is 1. The minimum absolute atomic E-state index is 0.395. The molecule has 80 heavy (non-hydrogen) atoms. The van der Waals surface area contributed by atoms with Gasteiger partial charge in [-0.15, -0.1) is 0 Å². The zero-order chi connectivity index (χ0) is 59.8. The van der Waals surface area contributed by atoms with E-state index in [4.69, 9.17) is 23.2 Å². The first-order chi connectivity index (χ1) is 38.5. The van der Waals surface area contributed by atoms with Crippen LogP contribution in [0.1, 0.15) is 247 Å². The van der Waals surface area contributed by atoms with E-state index < -0.39 is 84.6 Å². The van der Waals surface area contributed by atoms with Gasteiger partial charge in [0.15, 0.2) is 0 Å². The molecule has 460 valence electrons. The topological polar surface area (TPSA) is 17.2 Å². The Morgan fingerprint density at radius 2 is 0.700 bits per heavy atom. The molecule has 4 rings (SSSR count). The Balaban J connectivity index is 0.000000534. The molecular formula is C66H118ClF3N2S4Sn4. The third kappa shape index (κ3) is 29.2. The third-order valence-corrected chi connectivity index (χ3v) is 93.8. The van der Waals surface area contributed by atoms with Gasteiger partial charge < -0.3 is 0 Å². The number of rotatable bonds is 40. The zero-order valence-corrected chi connectivity index (χ0v) is 69.0. The fourth-order valence-electron chi connectivity index (χ4n) is 11.8. The molecule has 2 nitrogen and oxygen atoms in total. The Bertz CT molecular complexity index is 1990. The molecule has 0 N–H and O–H groups in total. The van der Waals surface area contributed by atoms with Crippen molar-refractivity contribution in [2.45, 2.75) is 304 Å². The van der Waals surface area contributed by atoms with Gasteiger partial charge in [-0.1, -0.05) is 0 Å².